The van der Waals surface area contributed by atoms with Gasteiger partial charge >= 0.3 is 0 Å². The summed E-state index contributed by atoms with van der Waals surface area (Å²) < 4.78 is 4.71. The molecule has 5 aromatic heterocycles. The highest BCUT2D eigenvalue weighted by Gasteiger charge is 2.20. The minimum atomic E-state index is 1.05. The van der Waals surface area contributed by atoms with Crippen LogP contribution in [0.25, 0.3) is 54.9 Å². The summed E-state index contributed by atoms with van der Waals surface area (Å²) in [6.07, 6.45) is 3.74. The van der Waals surface area contributed by atoms with Gasteiger partial charge in [-0.2, -0.15) is 0 Å². The molecule has 0 aliphatic heterocycles. The number of hydrogen-bond acceptors (Lipinski definition) is 2. The summed E-state index contributed by atoms with van der Waals surface area (Å²) in [5, 5.41) is 2.37. The molecule has 0 spiro atoms. The summed E-state index contributed by atoms with van der Waals surface area (Å²) in [5.74, 6) is 0. The zero-order chi connectivity index (χ0) is 16.8. The predicted molar refractivity (Wildman–Crippen MR) is 105 cm³/mol. The third kappa shape index (κ3) is 1.24. The molecule has 0 bridgehead atoms. The number of para-hydroxylation sites is 2. The number of aromatic nitrogens is 4. The highest BCUT2D eigenvalue weighted by molar-refractivity contribution is 6.20. The molecule has 0 unspecified atom stereocenters. The maximum atomic E-state index is 4.68. The molecule has 7 aromatic rings. The van der Waals surface area contributed by atoms with E-state index in [1.165, 1.54) is 32.8 Å². The van der Waals surface area contributed by atoms with Crippen LogP contribution in [0.1, 0.15) is 0 Å². The van der Waals surface area contributed by atoms with E-state index in [0.717, 1.165) is 22.1 Å². The average Bonchev–Trinajstić information content (AvgIpc) is 3.22. The Morgan fingerprint density at radius 1 is 0.500 bits per heavy atom. The van der Waals surface area contributed by atoms with Gasteiger partial charge < -0.3 is 8.80 Å². The van der Waals surface area contributed by atoms with Crippen molar-refractivity contribution in [2.45, 2.75) is 0 Å². The van der Waals surface area contributed by atoms with Crippen LogP contribution in [0.5, 0.6) is 0 Å². The first kappa shape index (κ1) is 12.7. The molecule has 0 N–H and O–H groups in total. The summed E-state index contributed by atoms with van der Waals surface area (Å²) in [7, 11) is 0. The van der Waals surface area contributed by atoms with Crippen molar-refractivity contribution in [3.8, 4) is 0 Å². The van der Waals surface area contributed by atoms with Crippen molar-refractivity contribution in [1.29, 1.82) is 0 Å². The Morgan fingerprint density at radius 2 is 0.962 bits per heavy atom. The van der Waals surface area contributed by atoms with E-state index in [1.807, 2.05) is 24.5 Å². The molecular formula is C22H12N4. The zero-order valence-corrected chi connectivity index (χ0v) is 13.7. The van der Waals surface area contributed by atoms with E-state index in [0.29, 0.717) is 0 Å². The molecule has 0 saturated carbocycles. The van der Waals surface area contributed by atoms with E-state index in [-0.39, 0.29) is 0 Å². The predicted octanol–water partition coefficient (Wildman–Crippen LogP) is 5.03. The molecule has 0 aliphatic carbocycles. The van der Waals surface area contributed by atoms with Gasteiger partial charge in [0.25, 0.3) is 0 Å². The van der Waals surface area contributed by atoms with Gasteiger partial charge in [-0.1, -0.05) is 24.3 Å². The lowest BCUT2D eigenvalue weighted by atomic mass is 10.2. The summed E-state index contributed by atoms with van der Waals surface area (Å²) in [6, 6.07) is 21.3. The fraction of sp³-hybridized carbons (Fsp3) is 0. The second kappa shape index (κ2) is 4.11. The Labute approximate surface area is 147 Å². The molecule has 7 rings (SSSR count). The van der Waals surface area contributed by atoms with Crippen molar-refractivity contribution in [1.82, 2.24) is 18.8 Å². The van der Waals surface area contributed by atoms with Gasteiger partial charge in [-0.05, 0) is 36.4 Å². The number of hydrogen-bond donors (Lipinski definition) is 0. The smallest absolute Gasteiger partial charge is 0.0964 e. The summed E-state index contributed by atoms with van der Waals surface area (Å²) >= 11 is 0. The number of nitrogens with zero attached hydrogens (tertiary/aromatic N) is 4. The first-order valence-corrected chi connectivity index (χ1v) is 8.70. The van der Waals surface area contributed by atoms with Crippen LogP contribution in [0.2, 0.25) is 0 Å². The van der Waals surface area contributed by atoms with Gasteiger partial charge in [-0.15, -0.1) is 0 Å². The average molecular weight is 332 g/mol. The molecule has 0 amide bonds. The van der Waals surface area contributed by atoms with E-state index in [2.05, 4.69) is 67.3 Å². The fourth-order valence-electron chi connectivity index (χ4n) is 4.59. The largest absolute Gasteiger partial charge is 0.303 e. The quantitative estimate of drug-likeness (QED) is 0.365. The third-order valence-electron chi connectivity index (χ3n) is 5.52. The molecule has 0 radical (unpaired) electrons. The Morgan fingerprint density at radius 3 is 1.46 bits per heavy atom. The lowest BCUT2D eigenvalue weighted by Crippen LogP contribution is -1.96. The maximum Gasteiger partial charge on any atom is 0.0964 e. The van der Waals surface area contributed by atoms with Gasteiger partial charge in [0, 0.05) is 23.2 Å². The van der Waals surface area contributed by atoms with Crippen LogP contribution in [-0.2, 0) is 0 Å². The van der Waals surface area contributed by atoms with Crippen molar-refractivity contribution < 1.29 is 0 Å². The van der Waals surface area contributed by atoms with Gasteiger partial charge in [-0.3, -0.25) is 9.97 Å². The lowest BCUT2D eigenvalue weighted by molar-refractivity contribution is 1.25. The van der Waals surface area contributed by atoms with Crippen molar-refractivity contribution >= 4 is 54.9 Å². The minimum Gasteiger partial charge on any atom is -0.303 e. The first-order chi connectivity index (χ1) is 12.9. The number of pyridine rings is 2. The lowest BCUT2D eigenvalue weighted by Gasteiger charge is -2.10. The summed E-state index contributed by atoms with van der Waals surface area (Å²) in [5.41, 5.74) is 9.19. The Balaban J connectivity index is 2.02. The van der Waals surface area contributed by atoms with Crippen LogP contribution < -0.4 is 0 Å². The molecule has 5 heterocycles. The highest BCUT2D eigenvalue weighted by atomic mass is 15.0. The molecule has 0 saturated heterocycles. The highest BCUT2D eigenvalue weighted by Crippen LogP contribution is 2.38. The first-order valence-electron chi connectivity index (χ1n) is 8.70. The molecule has 0 fully saturated rings. The van der Waals surface area contributed by atoms with Crippen LogP contribution in [0, 0.1) is 0 Å². The Hall–Kier alpha value is -3.66. The van der Waals surface area contributed by atoms with Crippen molar-refractivity contribution in [2.75, 3.05) is 0 Å². The molecule has 2 aromatic carbocycles. The van der Waals surface area contributed by atoms with E-state index in [1.54, 1.807) is 0 Å². The van der Waals surface area contributed by atoms with Gasteiger partial charge in [0.05, 0.1) is 44.1 Å². The third-order valence-corrected chi connectivity index (χ3v) is 5.52. The van der Waals surface area contributed by atoms with Crippen LogP contribution in [0.4, 0.5) is 0 Å². The van der Waals surface area contributed by atoms with Crippen molar-refractivity contribution in [3.05, 3.63) is 73.1 Å². The van der Waals surface area contributed by atoms with Gasteiger partial charge in [-0.25, -0.2) is 0 Å². The van der Waals surface area contributed by atoms with E-state index in [9.17, 15) is 0 Å². The summed E-state index contributed by atoms with van der Waals surface area (Å²) in [6.45, 7) is 0. The van der Waals surface area contributed by atoms with Gasteiger partial charge in [0.2, 0.25) is 0 Å². The minimum absolute atomic E-state index is 1.05. The van der Waals surface area contributed by atoms with Crippen molar-refractivity contribution in [3.63, 3.8) is 0 Å². The SMILES string of the molecule is c1cnc2c3cccc4c3n(c2c1)c1cccc2c3ncccc3n4c21. The fourth-order valence-corrected chi connectivity index (χ4v) is 4.59. The molecule has 4 heteroatoms. The number of benzene rings is 2. The number of rotatable bonds is 0. The monoisotopic (exact) mass is 332 g/mol. The zero-order valence-electron chi connectivity index (χ0n) is 13.7. The topological polar surface area (TPSA) is 34.6 Å². The Bertz CT molecular complexity index is 1510. The van der Waals surface area contributed by atoms with Crippen LogP contribution in [0.15, 0.2) is 73.1 Å². The summed E-state index contributed by atoms with van der Waals surface area (Å²) in [4.78, 5) is 9.36. The van der Waals surface area contributed by atoms with Crippen molar-refractivity contribution in [2.24, 2.45) is 0 Å². The maximum absolute atomic E-state index is 4.68. The van der Waals surface area contributed by atoms with Gasteiger partial charge in [0.1, 0.15) is 0 Å². The molecule has 26 heavy (non-hydrogen) atoms. The second-order valence-corrected chi connectivity index (χ2v) is 6.76. The molecule has 4 nitrogen and oxygen atoms in total. The van der Waals surface area contributed by atoms with Gasteiger partial charge in [0.15, 0.2) is 0 Å². The van der Waals surface area contributed by atoms with Crippen LogP contribution >= 0.6 is 0 Å². The standard InChI is InChI=1S/C22H12N4/c1-5-13-19-15(9-3-11-23-19)26-18-8-2-6-14-20-16(10-4-12-24-20)25(22(14)18)17(7-1)21(13)26/h1-12H. The number of fused-ring (bicyclic) bond motifs is 8. The molecular weight excluding hydrogens is 320 g/mol. The van der Waals surface area contributed by atoms with E-state index >= 15 is 0 Å². The Kier molecular flexibility index (Phi) is 2.00. The molecule has 0 aliphatic rings. The van der Waals surface area contributed by atoms with E-state index in [4.69, 9.17) is 0 Å². The molecule has 0 atom stereocenters. The normalized spacial score (nSPS) is 12.6. The second-order valence-electron chi connectivity index (χ2n) is 6.76. The molecule has 120 valence electrons. The van der Waals surface area contributed by atoms with Crippen LogP contribution in [-0.4, -0.2) is 18.8 Å². The van der Waals surface area contributed by atoms with Crippen LogP contribution in [0.3, 0.4) is 0 Å². The van der Waals surface area contributed by atoms with E-state index < -0.39 is 0 Å².